The Balaban J connectivity index is 1.71. The number of hydrogen-bond donors (Lipinski definition) is 1. The van der Waals surface area contributed by atoms with E-state index in [1.807, 2.05) is 11.9 Å². The Bertz CT molecular complexity index is 672. The fraction of sp³-hybridized carbons (Fsp3) is 0.588. The van der Waals surface area contributed by atoms with Crippen LogP contribution in [0.25, 0.3) is 0 Å². The summed E-state index contributed by atoms with van der Waals surface area (Å²) in [6.07, 6.45) is 2.43. The summed E-state index contributed by atoms with van der Waals surface area (Å²) in [4.78, 5) is 14.9. The van der Waals surface area contributed by atoms with Gasteiger partial charge in [-0.15, -0.1) is 0 Å². The monoisotopic (exact) mass is 351 g/mol. The molecule has 0 spiro atoms. The molecule has 2 aliphatic rings. The van der Waals surface area contributed by atoms with Crippen LogP contribution >= 0.6 is 0 Å². The molecule has 3 rings (SSSR count). The second kappa shape index (κ2) is 7.21. The van der Waals surface area contributed by atoms with Crippen molar-refractivity contribution in [1.82, 2.24) is 14.5 Å². The Hall–Kier alpha value is -1.44. The van der Waals surface area contributed by atoms with E-state index in [0.717, 1.165) is 32.4 Å². The second-order valence-electron chi connectivity index (χ2n) is 6.61. The summed E-state index contributed by atoms with van der Waals surface area (Å²) < 4.78 is 27.0. The molecule has 2 aliphatic heterocycles. The van der Waals surface area contributed by atoms with E-state index >= 15 is 0 Å². The number of rotatable bonds is 4. The van der Waals surface area contributed by atoms with Crippen molar-refractivity contribution in [3.05, 3.63) is 30.3 Å². The van der Waals surface area contributed by atoms with Gasteiger partial charge >= 0.3 is 0 Å². The predicted octanol–water partition coefficient (Wildman–Crippen LogP) is 0.908. The highest BCUT2D eigenvalue weighted by atomic mass is 32.2. The van der Waals surface area contributed by atoms with Gasteiger partial charge in [0, 0.05) is 32.7 Å². The summed E-state index contributed by atoms with van der Waals surface area (Å²) in [7, 11) is -1.69. The van der Waals surface area contributed by atoms with E-state index in [-0.39, 0.29) is 24.4 Å². The topological polar surface area (TPSA) is 69.7 Å². The van der Waals surface area contributed by atoms with Gasteiger partial charge in [-0.2, -0.15) is 4.31 Å². The largest absolute Gasteiger partial charge is 0.341 e. The second-order valence-corrected chi connectivity index (χ2v) is 8.55. The van der Waals surface area contributed by atoms with Crippen molar-refractivity contribution in [2.75, 3.05) is 33.2 Å². The van der Waals surface area contributed by atoms with Crippen LogP contribution in [0.3, 0.4) is 0 Å². The molecule has 0 saturated carbocycles. The number of benzene rings is 1. The Morgan fingerprint density at radius 1 is 1.25 bits per heavy atom. The third-order valence-corrected chi connectivity index (χ3v) is 6.92. The Kier molecular flexibility index (Phi) is 5.22. The maximum Gasteiger partial charge on any atom is 0.243 e. The lowest BCUT2D eigenvalue weighted by molar-refractivity contribution is -0.137. The molecule has 0 bridgehead atoms. The molecule has 0 aliphatic carbocycles. The first-order chi connectivity index (χ1) is 11.5. The maximum absolute atomic E-state index is 12.8. The van der Waals surface area contributed by atoms with E-state index in [2.05, 4.69) is 5.32 Å². The number of amides is 1. The normalized spacial score (nSPS) is 25.5. The van der Waals surface area contributed by atoms with Crippen LogP contribution in [0.1, 0.15) is 19.3 Å². The van der Waals surface area contributed by atoms with Crippen LogP contribution in [0.15, 0.2) is 35.2 Å². The van der Waals surface area contributed by atoms with Crippen LogP contribution in [0.5, 0.6) is 0 Å². The van der Waals surface area contributed by atoms with Gasteiger partial charge in [-0.25, -0.2) is 8.42 Å². The van der Waals surface area contributed by atoms with Crippen LogP contribution < -0.4 is 5.32 Å². The molecule has 2 saturated heterocycles. The molecule has 2 fully saturated rings. The molecule has 2 unspecified atom stereocenters. The summed E-state index contributed by atoms with van der Waals surface area (Å²) in [6, 6.07) is 8.68. The minimum absolute atomic E-state index is 0.0664. The van der Waals surface area contributed by atoms with Crippen LogP contribution in [0.2, 0.25) is 0 Å². The highest BCUT2D eigenvalue weighted by molar-refractivity contribution is 7.89. The molecule has 1 amide bonds. The molecular formula is C17H25N3O3S. The lowest BCUT2D eigenvalue weighted by Gasteiger charge is -2.34. The molecule has 0 radical (unpaired) electrons. The number of nitrogens with zero attached hydrogens (tertiary/aromatic N) is 2. The number of likely N-dealkylation sites (N-methyl/N-ethyl adjacent to an activating group) is 1. The standard InChI is InChI=1S/C17H25N3O3S/c1-19(15-9-10-18-12-15)17(21)14-6-5-11-20(13-14)24(22,23)16-7-3-2-4-8-16/h2-4,7-8,14-15,18H,5-6,9-13H2,1H3. The number of sulfonamides is 1. The number of carbonyl (C=O) groups excluding carboxylic acids is 1. The average Bonchev–Trinajstić information content (AvgIpc) is 3.16. The third kappa shape index (κ3) is 3.48. The molecule has 0 aromatic heterocycles. The van der Waals surface area contributed by atoms with Crippen molar-refractivity contribution in [2.24, 2.45) is 5.92 Å². The third-order valence-electron chi connectivity index (χ3n) is 5.04. The fourth-order valence-corrected chi connectivity index (χ4v) is 5.09. The molecule has 1 N–H and O–H groups in total. The van der Waals surface area contributed by atoms with E-state index < -0.39 is 10.0 Å². The number of carbonyl (C=O) groups is 1. The van der Waals surface area contributed by atoms with Crippen molar-refractivity contribution >= 4 is 15.9 Å². The molecule has 1 aromatic carbocycles. The van der Waals surface area contributed by atoms with Gasteiger partial charge in [0.1, 0.15) is 0 Å². The van der Waals surface area contributed by atoms with Crippen molar-refractivity contribution in [1.29, 1.82) is 0 Å². The van der Waals surface area contributed by atoms with Gasteiger partial charge in [0.25, 0.3) is 0 Å². The van der Waals surface area contributed by atoms with Gasteiger partial charge in [-0.05, 0) is 37.9 Å². The van der Waals surface area contributed by atoms with Crippen molar-refractivity contribution < 1.29 is 13.2 Å². The first-order valence-corrected chi connectivity index (χ1v) is 9.97. The minimum atomic E-state index is -3.52. The number of hydrogen-bond acceptors (Lipinski definition) is 4. The van der Waals surface area contributed by atoms with Crippen LogP contribution in [0.4, 0.5) is 0 Å². The quantitative estimate of drug-likeness (QED) is 0.875. The summed E-state index contributed by atoms with van der Waals surface area (Å²) in [5.41, 5.74) is 0. The lowest BCUT2D eigenvalue weighted by Crippen LogP contribution is -2.48. The summed E-state index contributed by atoms with van der Waals surface area (Å²) in [5.74, 6) is -0.181. The molecule has 2 atom stereocenters. The average molecular weight is 351 g/mol. The van der Waals surface area contributed by atoms with E-state index in [4.69, 9.17) is 0 Å². The number of nitrogens with one attached hydrogen (secondary N) is 1. The Morgan fingerprint density at radius 3 is 2.67 bits per heavy atom. The summed E-state index contributed by atoms with van der Waals surface area (Å²) >= 11 is 0. The first kappa shape index (κ1) is 17.4. The fourth-order valence-electron chi connectivity index (χ4n) is 3.54. The Labute approximate surface area is 143 Å². The molecule has 132 valence electrons. The maximum atomic E-state index is 12.8. The van der Waals surface area contributed by atoms with Crippen molar-refractivity contribution in [3.63, 3.8) is 0 Å². The van der Waals surface area contributed by atoms with Crippen molar-refractivity contribution in [2.45, 2.75) is 30.2 Å². The predicted molar refractivity (Wildman–Crippen MR) is 92.0 cm³/mol. The zero-order chi connectivity index (χ0) is 17.2. The first-order valence-electron chi connectivity index (χ1n) is 8.53. The highest BCUT2D eigenvalue weighted by Crippen LogP contribution is 2.25. The molecular weight excluding hydrogens is 326 g/mol. The zero-order valence-corrected chi connectivity index (χ0v) is 14.8. The van der Waals surface area contributed by atoms with E-state index in [1.165, 1.54) is 4.31 Å². The van der Waals surface area contributed by atoms with Gasteiger partial charge < -0.3 is 10.2 Å². The SMILES string of the molecule is CN(C(=O)C1CCCN(S(=O)(=O)c2ccccc2)C1)C1CCNC1. The van der Waals surface area contributed by atoms with E-state index in [9.17, 15) is 13.2 Å². The van der Waals surface area contributed by atoms with Gasteiger partial charge in [-0.1, -0.05) is 18.2 Å². The molecule has 24 heavy (non-hydrogen) atoms. The smallest absolute Gasteiger partial charge is 0.243 e. The van der Waals surface area contributed by atoms with Crippen molar-refractivity contribution in [3.8, 4) is 0 Å². The minimum Gasteiger partial charge on any atom is -0.341 e. The van der Waals surface area contributed by atoms with Gasteiger partial charge in [-0.3, -0.25) is 4.79 Å². The zero-order valence-electron chi connectivity index (χ0n) is 14.0. The summed E-state index contributed by atoms with van der Waals surface area (Å²) in [6.45, 7) is 2.51. The highest BCUT2D eigenvalue weighted by Gasteiger charge is 2.36. The number of piperidine rings is 1. The van der Waals surface area contributed by atoms with Gasteiger partial charge in [0.15, 0.2) is 0 Å². The van der Waals surface area contributed by atoms with E-state index in [1.54, 1.807) is 30.3 Å². The van der Waals surface area contributed by atoms with Crippen LogP contribution in [0, 0.1) is 5.92 Å². The molecule has 6 nitrogen and oxygen atoms in total. The van der Waals surface area contributed by atoms with Gasteiger partial charge in [0.05, 0.1) is 10.8 Å². The Morgan fingerprint density at radius 2 is 2.00 bits per heavy atom. The lowest BCUT2D eigenvalue weighted by atomic mass is 9.97. The van der Waals surface area contributed by atoms with Gasteiger partial charge in [0.2, 0.25) is 15.9 Å². The van der Waals surface area contributed by atoms with Crippen LogP contribution in [-0.4, -0.2) is 62.8 Å². The molecule has 1 aromatic rings. The van der Waals surface area contributed by atoms with Crippen LogP contribution in [-0.2, 0) is 14.8 Å². The molecule has 2 heterocycles. The molecule has 7 heteroatoms. The summed E-state index contributed by atoms with van der Waals surface area (Å²) in [5, 5.41) is 3.27. The van der Waals surface area contributed by atoms with E-state index in [0.29, 0.717) is 11.4 Å².